The van der Waals surface area contributed by atoms with Gasteiger partial charge in [-0.2, -0.15) is 0 Å². The lowest BCUT2D eigenvalue weighted by Gasteiger charge is -2.20. The van der Waals surface area contributed by atoms with Crippen molar-refractivity contribution in [3.05, 3.63) is 72.0 Å². The van der Waals surface area contributed by atoms with Gasteiger partial charge in [0.2, 0.25) is 5.91 Å². The molecule has 2 aromatic carbocycles. The van der Waals surface area contributed by atoms with Gasteiger partial charge in [-0.25, -0.2) is 0 Å². The molecule has 0 aliphatic carbocycles. The lowest BCUT2D eigenvalue weighted by molar-refractivity contribution is -0.131. The first-order valence-corrected chi connectivity index (χ1v) is 9.19. The number of furan rings is 1. The molecule has 3 atom stereocenters. The number of carbonyl (C=O) groups excluding carboxylic acids is 1. The SMILES string of the molecule is CC(C(=O)N1C[C@@H](CN)[C@H](c2ccccc2)C1)c1cc2ccccc2o1. The van der Waals surface area contributed by atoms with Crippen LogP contribution in [0.15, 0.2) is 65.1 Å². The van der Waals surface area contributed by atoms with Gasteiger partial charge < -0.3 is 15.1 Å². The Balaban J connectivity index is 1.54. The molecule has 3 aromatic rings. The van der Waals surface area contributed by atoms with E-state index in [0.29, 0.717) is 24.9 Å². The first-order chi connectivity index (χ1) is 12.7. The third kappa shape index (κ3) is 3.01. The number of hydrogen-bond acceptors (Lipinski definition) is 3. The second kappa shape index (κ2) is 6.96. The van der Waals surface area contributed by atoms with Gasteiger partial charge in [0.15, 0.2) is 0 Å². The Morgan fingerprint density at radius 3 is 2.62 bits per heavy atom. The van der Waals surface area contributed by atoms with Crippen molar-refractivity contribution < 1.29 is 9.21 Å². The fourth-order valence-electron chi connectivity index (χ4n) is 3.98. The second-order valence-corrected chi connectivity index (χ2v) is 7.16. The van der Waals surface area contributed by atoms with E-state index in [9.17, 15) is 4.79 Å². The molecule has 1 fully saturated rings. The quantitative estimate of drug-likeness (QED) is 0.781. The largest absolute Gasteiger partial charge is 0.460 e. The van der Waals surface area contributed by atoms with Gasteiger partial charge in [-0.15, -0.1) is 0 Å². The van der Waals surface area contributed by atoms with Crippen molar-refractivity contribution in [2.75, 3.05) is 19.6 Å². The minimum absolute atomic E-state index is 0.112. The van der Waals surface area contributed by atoms with E-state index in [4.69, 9.17) is 10.2 Å². The van der Waals surface area contributed by atoms with E-state index in [1.54, 1.807) is 0 Å². The Kier molecular flexibility index (Phi) is 4.51. The molecule has 1 amide bonds. The molecule has 1 aromatic heterocycles. The molecule has 2 N–H and O–H groups in total. The summed E-state index contributed by atoms with van der Waals surface area (Å²) in [6.45, 7) is 3.93. The molecule has 0 saturated carbocycles. The van der Waals surface area contributed by atoms with Crippen LogP contribution in [-0.2, 0) is 4.79 Å². The van der Waals surface area contributed by atoms with Crippen LogP contribution in [0.1, 0.15) is 30.1 Å². The maximum absolute atomic E-state index is 13.1. The summed E-state index contributed by atoms with van der Waals surface area (Å²) < 4.78 is 5.90. The average molecular weight is 348 g/mol. The summed E-state index contributed by atoms with van der Waals surface area (Å²) in [4.78, 5) is 15.0. The van der Waals surface area contributed by atoms with Gasteiger partial charge in [0, 0.05) is 24.4 Å². The fourth-order valence-corrected chi connectivity index (χ4v) is 3.98. The molecular formula is C22H24N2O2. The van der Waals surface area contributed by atoms with Crippen molar-refractivity contribution >= 4 is 16.9 Å². The standard InChI is InChI=1S/C22H24N2O2/c1-15(21-11-17-9-5-6-10-20(17)26-21)22(25)24-13-18(12-23)19(14-24)16-7-3-2-4-8-16/h2-11,15,18-19H,12-14,23H2,1H3/t15?,18-,19+/m1/s1. The van der Waals surface area contributed by atoms with Crippen molar-refractivity contribution in [1.82, 2.24) is 4.90 Å². The number of nitrogens with two attached hydrogens (primary N) is 1. The van der Waals surface area contributed by atoms with Crippen LogP contribution in [0.2, 0.25) is 0 Å². The summed E-state index contributed by atoms with van der Waals surface area (Å²) in [5.74, 6) is 1.14. The highest BCUT2D eigenvalue weighted by molar-refractivity contribution is 5.85. The number of likely N-dealkylation sites (tertiary alicyclic amines) is 1. The van der Waals surface area contributed by atoms with Crippen molar-refractivity contribution in [2.24, 2.45) is 11.7 Å². The Morgan fingerprint density at radius 1 is 1.15 bits per heavy atom. The summed E-state index contributed by atoms with van der Waals surface area (Å²) in [7, 11) is 0. The number of nitrogens with zero attached hydrogens (tertiary/aromatic N) is 1. The predicted octanol–water partition coefficient (Wildman–Crippen LogP) is 3.74. The first kappa shape index (κ1) is 16.9. The summed E-state index contributed by atoms with van der Waals surface area (Å²) in [6, 6.07) is 20.2. The maximum Gasteiger partial charge on any atom is 0.233 e. The summed E-state index contributed by atoms with van der Waals surface area (Å²) >= 11 is 0. The van der Waals surface area contributed by atoms with Crippen LogP contribution in [0.3, 0.4) is 0 Å². The zero-order valence-corrected chi connectivity index (χ0v) is 15.0. The highest BCUT2D eigenvalue weighted by Crippen LogP contribution is 2.34. The summed E-state index contributed by atoms with van der Waals surface area (Å²) in [6.07, 6.45) is 0. The van der Waals surface area contributed by atoms with Gasteiger partial charge >= 0.3 is 0 Å². The minimum Gasteiger partial charge on any atom is -0.460 e. The van der Waals surface area contributed by atoms with Crippen molar-refractivity contribution in [2.45, 2.75) is 18.8 Å². The van der Waals surface area contributed by atoms with Crippen molar-refractivity contribution in [3.63, 3.8) is 0 Å². The van der Waals surface area contributed by atoms with Gasteiger partial charge in [0.05, 0.1) is 5.92 Å². The zero-order chi connectivity index (χ0) is 18.1. The zero-order valence-electron chi connectivity index (χ0n) is 15.0. The number of para-hydroxylation sites is 1. The van der Waals surface area contributed by atoms with Crippen molar-refractivity contribution in [3.8, 4) is 0 Å². The molecule has 1 aliphatic heterocycles. The third-order valence-corrected chi connectivity index (χ3v) is 5.52. The van der Waals surface area contributed by atoms with Gasteiger partial charge in [0.25, 0.3) is 0 Å². The van der Waals surface area contributed by atoms with Crippen LogP contribution in [0.4, 0.5) is 0 Å². The molecule has 4 nitrogen and oxygen atoms in total. The number of carbonyl (C=O) groups is 1. The third-order valence-electron chi connectivity index (χ3n) is 5.52. The van der Waals surface area contributed by atoms with E-state index in [-0.39, 0.29) is 11.8 Å². The second-order valence-electron chi connectivity index (χ2n) is 7.16. The van der Waals surface area contributed by atoms with Crippen LogP contribution in [0, 0.1) is 5.92 Å². The number of rotatable bonds is 4. The van der Waals surface area contributed by atoms with E-state index >= 15 is 0 Å². The molecule has 134 valence electrons. The van der Waals surface area contributed by atoms with Crippen LogP contribution in [-0.4, -0.2) is 30.4 Å². The molecule has 2 heterocycles. The average Bonchev–Trinajstić information content (AvgIpc) is 3.31. The maximum atomic E-state index is 13.1. The van der Waals surface area contributed by atoms with E-state index in [0.717, 1.165) is 23.3 Å². The lowest BCUT2D eigenvalue weighted by atomic mass is 9.89. The molecule has 0 bridgehead atoms. The van der Waals surface area contributed by atoms with E-state index < -0.39 is 0 Å². The predicted molar refractivity (Wildman–Crippen MR) is 103 cm³/mol. The smallest absolute Gasteiger partial charge is 0.233 e. The van der Waals surface area contributed by atoms with Crippen molar-refractivity contribution in [1.29, 1.82) is 0 Å². The normalized spacial score (nSPS) is 21.2. The molecule has 26 heavy (non-hydrogen) atoms. The van der Waals surface area contributed by atoms with Crippen LogP contribution in [0.5, 0.6) is 0 Å². The Bertz CT molecular complexity index is 870. The van der Waals surface area contributed by atoms with E-state index in [1.807, 2.05) is 60.4 Å². The molecule has 4 rings (SSSR count). The Hall–Kier alpha value is -2.59. The monoisotopic (exact) mass is 348 g/mol. The topological polar surface area (TPSA) is 59.5 Å². The van der Waals surface area contributed by atoms with E-state index in [1.165, 1.54) is 5.56 Å². The highest BCUT2D eigenvalue weighted by atomic mass is 16.3. The first-order valence-electron chi connectivity index (χ1n) is 9.19. The highest BCUT2D eigenvalue weighted by Gasteiger charge is 2.37. The van der Waals surface area contributed by atoms with Gasteiger partial charge in [0.1, 0.15) is 11.3 Å². The summed E-state index contributed by atoms with van der Waals surface area (Å²) in [5.41, 5.74) is 8.09. The molecular weight excluding hydrogens is 324 g/mol. The Morgan fingerprint density at radius 2 is 1.88 bits per heavy atom. The molecule has 0 spiro atoms. The van der Waals surface area contributed by atoms with Crippen LogP contribution in [0.25, 0.3) is 11.0 Å². The molecule has 1 saturated heterocycles. The van der Waals surface area contributed by atoms with E-state index in [2.05, 4.69) is 12.1 Å². The number of hydrogen-bond donors (Lipinski definition) is 1. The Labute approximate surface area is 153 Å². The van der Waals surface area contributed by atoms with Gasteiger partial charge in [-0.05, 0) is 37.1 Å². The molecule has 1 aliphatic rings. The molecule has 0 radical (unpaired) electrons. The summed E-state index contributed by atoms with van der Waals surface area (Å²) in [5, 5.41) is 1.03. The minimum atomic E-state index is -0.296. The number of fused-ring (bicyclic) bond motifs is 1. The number of amides is 1. The molecule has 1 unspecified atom stereocenters. The van der Waals surface area contributed by atoms with Gasteiger partial charge in [-0.1, -0.05) is 48.5 Å². The van der Waals surface area contributed by atoms with Crippen LogP contribution >= 0.6 is 0 Å². The molecule has 4 heteroatoms. The van der Waals surface area contributed by atoms with Gasteiger partial charge in [-0.3, -0.25) is 4.79 Å². The van der Waals surface area contributed by atoms with Crippen LogP contribution < -0.4 is 5.73 Å². The number of benzene rings is 2. The lowest BCUT2D eigenvalue weighted by Crippen LogP contribution is -2.33. The fraction of sp³-hybridized carbons (Fsp3) is 0.318.